The zero-order chi connectivity index (χ0) is 14.4. The Kier molecular flexibility index (Phi) is 4.50. The second-order valence-corrected chi connectivity index (χ2v) is 4.28. The van der Waals surface area contributed by atoms with Gasteiger partial charge in [0.1, 0.15) is 12.4 Å². The van der Waals surface area contributed by atoms with Crippen molar-refractivity contribution in [2.45, 2.75) is 13.5 Å². The first-order valence-electron chi connectivity index (χ1n) is 6.26. The van der Waals surface area contributed by atoms with E-state index in [9.17, 15) is 4.79 Å². The minimum atomic E-state index is -0.227. The Labute approximate surface area is 118 Å². The third-order valence-corrected chi connectivity index (χ3v) is 2.75. The molecule has 4 heteroatoms. The molecule has 1 amide bonds. The van der Waals surface area contributed by atoms with Gasteiger partial charge in [-0.2, -0.15) is 0 Å². The van der Waals surface area contributed by atoms with E-state index >= 15 is 0 Å². The van der Waals surface area contributed by atoms with Crippen LogP contribution in [-0.2, 0) is 11.4 Å². The molecule has 0 unspecified atom stereocenters. The molecule has 4 nitrogen and oxygen atoms in total. The Morgan fingerprint density at radius 1 is 1.40 bits per heavy atom. The highest BCUT2D eigenvalue weighted by Gasteiger charge is 2.03. The fraction of sp³-hybridized carbons (Fsp3) is 0.125. The molecule has 0 saturated heterocycles. The SMILES string of the molecule is C=CC(=O)Nc1ccc(OCc2ccccn2)cc1C. The van der Waals surface area contributed by atoms with E-state index in [1.165, 1.54) is 6.08 Å². The van der Waals surface area contributed by atoms with Gasteiger partial charge < -0.3 is 10.1 Å². The Bertz CT molecular complexity index is 609. The molecule has 1 aromatic heterocycles. The number of aromatic nitrogens is 1. The van der Waals surface area contributed by atoms with Crippen LogP contribution in [0.1, 0.15) is 11.3 Å². The molecular weight excluding hydrogens is 252 g/mol. The minimum absolute atomic E-state index is 0.227. The molecule has 0 aliphatic rings. The number of benzene rings is 1. The average molecular weight is 268 g/mol. The monoisotopic (exact) mass is 268 g/mol. The van der Waals surface area contributed by atoms with Gasteiger partial charge in [-0.15, -0.1) is 0 Å². The summed E-state index contributed by atoms with van der Waals surface area (Å²) in [6, 6.07) is 11.2. The topological polar surface area (TPSA) is 51.2 Å². The summed E-state index contributed by atoms with van der Waals surface area (Å²) >= 11 is 0. The summed E-state index contributed by atoms with van der Waals surface area (Å²) < 4.78 is 5.66. The highest BCUT2D eigenvalue weighted by atomic mass is 16.5. The number of carbonyl (C=O) groups is 1. The fourth-order valence-electron chi connectivity index (χ4n) is 1.69. The number of rotatable bonds is 5. The van der Waals surface area contributed by atoms with Crippen molar-refractivity contribution in [1.29, 1.82) is 0 Å². The summed E-state index contributed by atoms with van der Waals surface area (Å²) in [6.07, 6.45) is 2.97. The molecule has 0 fully saturated rings. The van der Waals surface area contributed by atoms with E-state index in [-0.39, 0.29) is 5.91 Å². The zero-order valence-electron chi connectivity index (χ0n) is 11.3. The minimum Gasteiger partial charge on any atom is -0.487 e. The maximum absolute atomic E-state index is 11.3. The molecule has 2 rings (SSSR count). The van der Waals surface area contributed by atoms with Crippen molar-refractivity contribution in [2.75, 3.05) is 5.32 Å². The molecular formula is C16H16N2O2. The van der Waals surface area contributed by atoms with Crippen molar-refractivity contribution in [3.8, 4) is 5.75 Å². The quantitative estimate of drug-likeness (QED) is 0.848. The number of aryl methyl sites for hydroxylation is 1. The standard InChI is InChI=1S/C16H16N2O2/c1-3-16(19)18-15-8-7-14(10-12(15)2)20-11-13-6-4-5-9-17-13/h3-10H,1,11H2,2H3,(H,18,19). The largest absolute Gasteiger partial charge is 0.487 e. The average Bonchev–Trinajstić information content (AvgIpc) is 2.48. The fourth-order valence-corrected chi connectivity index (χ4v) is 1.69. The number of anilines is 1. The third kappa shape index (κ3) is 3.68. The van der Waals surface area contributed by atoms with Gasteiger partial charge in [0.2, 0.25) is 5.91 Å². The Balaban J connectivity index is 2.02. The lowest BCUT2D eigenvalue weighted by molar-refractivity contribution is -0.111. The van der Waals surface area contributed by atoms with Gasteiger partial charge in [0.05, 0.1) is 5.69 Å². The molecule has 2 aromatic rings. The molecule has 0 radical (unpaired) electrons. The summed E-state index contributed by atoms with van der Waals surface area (Å²) in [4.78, 5) is 15.5. The smallest absolute Gasteiger partial charge is 0.247 e. The summed E-state index contributed by atoms with van der Waals surface area (Å²) in [5.41, 5.74) is 2.55. The van der Waals surface area contributed by atoms with Crippen LogP contribution in [0.15, 0.2) is 55.3 Å². The predicted octanol–water partition coefficient (Wildman–Crippen LogP) is 3.09. The summed E-state index contributed by atoms with van der Waals surface area (Å²) in [7, 11) is 0. The van der Waals surface area contributed by atoms with Crippen molar-refractivity contribution in [3.63, 3.8) is 0 Å². The zero-order valence-corrected chi connectivity index (χ0v) is 11.3. The number of nitrogens with one attached hydrogen (secondary N) is 1. The van der Waals surface area contributed by atoms with E-state index in [2.05, 4.69) is 16.9 Å². The predicted molar refractivity (Wildman–Crippen MR) is 78.6 cm³/mol. The normalized spacial score (nSPS) is 9.85. The van der Waals surface area contributed by atoms with E-state index in [1.807, 2.05) is 43.3 Å². The number of nitrogens with zero attached hydrogens (tertiary/aromatic N) is 1. The molecule has 1 N–H and O–H groups in total. The van der Waals surface area contributed by atoms with Crippen LogP contribution >= 0.6 is 0 Å². The molecule has 0 saturated carbocycles. The number of hydrogen-bond donors (Lipinski definition) is 1. The van der Waals surface area contributed by atoms with E-state index in [0.717, 1.165) is 22.7 Å². The molecule has 0 bridgehead atoms. The Hall–Kier alpha value is -2.62. The van der Waals surface area contributed by atoms with Crippen LogP contribution in [0.4, 0.5) is 5.69 Å². The van der Waals surface area contributed by atoms with Gasteiger partial charge in [0.15, 0.2) is 0 Å². The van der Waals surface area contributed by atoms with Crippen LogP contribution in [-0.4, -0.2) is 10.9 Å². The second-order valence-electron chi connectivity index (χ2n) is 4.28. The van der Waals surface area contributed by atoms with Crippen LogP contribution in [0.2, 0.25) is 0 Å². The molecule has 1 heterocycles. The van der Waals surface area contributed by atoms with Crippen LogP contribution in [0.5, 0.6) is 5.75 Å². The summed E-state index contributed by atoms with van der Waals surface area (Å²) in [5.74, 6) is 0.514. The molecule has 0 atom stereocenters. The highest BCUT2D eigenvalue weighted by Crippen LogP contribution is 2.22. The second kappa shape index (κ2) is 6.52. The van der Waals surface area contributed by atoms with Crippen LogP contribution < -0.4 is 10.1 Å². The van der Waals surface area contributed by atoms with Gasteiger partial charge in [-0.05, 0) is 48.9 Å². The number of carbonyl (C=O) groups excluding carboxylic acids is 1. The number of amides is 1. The maximum Gasteiger partial charge on any atom is 0.247 e. The van der Waals surface area contributed by atoms with Gasteiger partial charge in [-0.3, -0.25) is 9.78 Å². The number of hydrogen-bond acceptors (Lipinski definition) is 3. The van der Waals surface area contributed by atoms with Crippen LogP contribution in [0.25, 0.3) is 0 Å². The van der Waals surface area contributed by atoms with Crippen LogP contribution in [0, 0.1) is 6.92 Å². The lowest BCUT2D eigenvalue weighted by atomic mass is 10.2. The van der Waals surface area contributed by atoms with Crippen molar-refractivity contribution >= 4 is 11.6 Å². The maximum atomic E-state index is 11.3. The lowest BCUT2D eigenvalue weighted by Gasteiger charge is -2.10. The van der Waals surface area contributed by atoms with Gasteiger partial charge >= 0.3 is 0 Å². The van der Waals surface area contributed by atoms with E-state index in [4.69, 9.17) is 4.74 Å². The van der Waals surface area contributed by atoms with Crippen LogP contribution in [0.3, 0.4) is 0 Å². The lowest BCUT2D eigenvalue weighted by Crippen LogP contribution is -2.08. The molecule has 0 aliphatic carbocycles. The van der Waals surface area contributed by atoms with Crippen molar-refractivity contribution in [2.24, 2.45) is 0 Å². The Morgan fingerprint density at radius 3 is 2.90 bits per heavy atom. The number of pyridine rings is 1. The molecule has 102 valence electrons. The molecule has 1 aromatic carbocycles. The van der Waals surface area contributed by atoms with Gasteiger partial charge in [-0.1, -0.05) is 12.6 Å². The van der Waals surface area contributed by atoms with Gasteiger partial charge in [0, 0.05) is 11.9 Å². The molecule has 0 spiro atoms. The van der Waals surface area contributed by atoms with Crippen molar-refractivity contribution in [3.05, 3.63) is 66.5 Å². The third-order valence-electron chi connectivity index (χ3n) is 2.75. The first kappa shape index (κ1) is 13.8. The molecule has 20 heavy (non-hydrogen) atoms. The first-order valence-corrected chi connectivity index (χ1v) is 6.26. The Morgan fingerprint density at radius 2 is 2.25 bits per heavy atom. The number of ether oxygens (including phenoxy) is 1. The van der Waals surface area contributed by atoms with E-state index in [0.29, 0.717) is 6.61 Å². The summed E-state index contributed by atoms with van der Waals surface area (Å²) in [6.45, 7) is 5.75. The van der Waals surface area contributed by atoms with Crippen molar-refractivity contribution in [1.82, 2.24) is 4.98 Å². The van der Waals surface area contributed by atoms with E-state index < -0.39 is 0 Å². The molecule has 0 aliphatic heterocycles. The summed E-state index contributed by atoms with van der Waals surface area (Å²) in [5, 5.41) is 2.74. The first-order chi connectivity index (χ1) is 9.69. The van der Waals surface area contributed by atoms with Gasteiger partial charge in [0.25, 0.3) is 0 Å². The van der Waals surface area contributed by atoms with Crippen molar-refractivity contribution < 1.29 is 9.53 Å². The van der Waals surface area contributed by atoms with E-state index in [1.54, 1.807) is 6.20 Å². The van der Waals surface area contributed by atoms with Gasteiger partial charge in [-0.25, -0.2) is 0 Å². The highest BCUT2D eigenvalue weighted by molar-refractivity contribution is 5.99.